The molecule has 1 aliphatic heterocycles. The van der Waals surface area contributed by atoms with Crippen molar-refractivity contribution < 1.29 is 19.4 Å². The Morgan fingerprint density at radius 3 is 2.70 bits per heavy atom. The van der Waals surface area contributed by atoms with Crippen LogP contribution in [0.5, 0.6) is 17.2 Å². The minimum Gasteiger partial charge on any atom is -0.507 e. The molecule has 0 radical (unpaired) electrons. The van der Waals surface area contributed by atoms with Gasteiger partial charge in [-0.1, -0.05) is 44.2 Å². The first kappa shape index (κ1) is 20.8. The number of rotatable bonds is 6. The van der Waals surface area contributed by atoms with E-state index in [1.807, 2.05) is 30.3 Å². The van der Waals surface area contributed by atoms with E-state index in [1.54, 1.807) is 13.2 Å². The summed E-state index contributed by atoms with van der Waals surface area (Å²) in [4.78, 5) is 13.3. The van der Waals surface area contributed by atoms with Crippen LogP contribution in [-0.2, 0) is 6.42 Å². The average Bonchev–Trinajstić information content (AvgIpc) is 2.71. The normalized spacial score (nSPS) is 24.8. The number of carbonyl (C=O) groups is 1. The molecular weight excluding hydrogens is 376 g/mol. The van der Waals surface area contributed by atoms with Gasteiger partial charge in [0.2, 0.25) is 0 Å². The van der Waals surface area contributed by atoms with Crippen LogP contribution in [0.2, 0.25) is 0 Å². The summed E-state index contributed by atoms with van der Waals surface area (Å²) in [7, 11) is 1.62. The zero-order valence-electron chi connectivity index (χ0n) is 18.4. The molecule has 30 heavy (non-hydrogen) atoms. The zero-order chi connectivity index (χ0) is 21.5. The van der Waals surface area contributed by atoms with Gasteiger partial charge in [-0.25, -0.2) is 0 Å². The van der Waals surface area contributed by atoms with E-state index < -0.39 is 0 Å². The van der Waals surface area contributed by atoms with Crippen molar-refractivity contribution in [3.05, 3.63) is 53.1 Å². The highest BCUT2D eigenvalue weighted by Crippen LogP contribution is 2.58. The lowest BCUT2D eigenvalue weighted by atomic mass is 9.64. The first-order chi connectivity index (χ1) is 14.3. The molecule has 1 N–H and O–H groups in total. The second kappa shape index (κ2) is 7.98. The Bertz CT molecular complexity index is 934. The van der Waals surface area contributed by atoms with E-state index in [4.69, 9.17) is 9.47 Å². The molecule has 2 aliphatic rings. The van der Waals surface area contributed by atoms with E-state index in [-0.39, 0.29) is 23.1 Å². The lowest BCUT2D eigenvalue weighted by Gasteiger charge is -2.49. The Morgan fingerprint density at radius 2 is 2.03 bits per heavy atom. The van der Waals surface area contributed by atoms with Crippen molar-refractivity contribution in [3.63, 3.8) is 0 Å². The predicted octanol–water partition coefficient (Wildman–Crippen LogP) is 5.91. The molecule has 1 heterocycles. The third-order valence-corrected chi connectivity index (χ3v) is 6.99. The van der Waals surface area contributed by atoms with Crippen molar-refractivity contribution in [1.82, 2.24) is 0 Å². The summed E-state index contributed by atoms with van der Waals surface area (Å²) in [6.45, 7) is 6.66. The van der Waals surface area contributed by atoms with Gasteiger partial charge in [-0.15, -0.1) is 0 Å². The van der Waals surface area contributed by atoms with E-state index in [9.17, 15) is 9.90 Å². The molecule has 1 saturated carbocycles. The number of phenolic OH excluding ortho intramolecular Hbond substituents is 1. The van der Waals surface area contributed by atoms with Crippen LogP contribution in [0.4, 0.5) is 0 Å². The van der Waals surface area contributed by atoms with E-state index >= 15 is 0 Å². The number of ketones is 1. The van der Waals surface area contributed by atoms with Gasteiger partial charge in [0.25, 0.3) is 0 Å². The number of ether oxygens (including phenoxy) is 2. The largest absolute Gasteiger partial charge is 0.507 e. The maximum atomic E-state index is 13.3. The summed E-state index contributed by atoms with van der Waals surface area (Å²) >= 11 is 0. The average molecular weight is 409 g/mol. The summed E-state index contributed by atoms with van der Waals surface area (Å²) in [6.07, 6.45) is 3.94. The van der Waals surface area contributed by atoms with Crippen LogP contribution in [0.3, 0.4) is 0 Å². The van der Waals surface area contributed by atoms with Gasteiger partial charge < -0.3 is 14.6 Å². The quantitative estimate of drug-likeness (QED) is 0.604. The Labute approximate surface area is 179 Å². The van der Waals surface area contributed by atoms with Gasteiger partial charge in [0.15, 0.2) is 5.78 Å². The molecule has 0 amide bonds. The number of carbonyl (C=O) groups excluding carboxylic acids is 1. The number of hydrogen-bond donors (Lipinski definition) is 1. The molecule has 2 aromatic rings. The number of Topliss-reactive ketones (excluding diaryl/α,β-unsaturated/α-hetero) is 1. The Hall–Kier alpha value is -2.49. The molecule has 160 valence electrons. The highest BCUT2D eigenvalue weighted by molar-refractivity contribution is 6.02. The van der Waals surface area contributed by atoms with Crippen molar-refractivity contribution in [1.29, 1.82) is 0 Å². The first-order valence-corrected chi connectivity index (χ1v) is 11.0. The SMILES string of the molecule is COc1cc(O)c(C(=O)CCc2ccccc2)c2c1[C@@H]1CC(C)(CC[C@@H]1C(C)C)O2. The molecule has 0 spiro atoms. The van der Waals surface area contributed by atoms with Crippen molar-refractivity contribution in [3.8, 4) is 17.2 Å². The monoisotopic (exact) mass is 408 g/mol. The molecular formula is C26H32O4. The first-order valence-electron chi connectivity index (χ1n) is 11.0. The molecule has 4 rings (SSSR count). The van der Waals surface area contributed by atoms with Crippen LogP contribution < -0.4 is 9.47 Å². The molecule has 1 unspecified atom stereocenters. The Morgan fingerprint density at radius 1 is 1.30 bits per heavy atom. The fraction of sp³-hybridized carbons (Fsp3) is 0.500. The van der Waals surface area contributed by atoms with Crippen LogP contribution in [-0.4, -0.2) is 23.6 Å². The summed E-state index contributed by atoms with van der Waals surface area (Å²) in [5, 5.41) is 10.8. The van der Waals surface area contributed by atoms with Crippen molar-refractivity contribution in [2.45, 2.75) is 64.4 Å². The van der Waals surface area contributed by atoms with Gasteiger partial charge in [0.1, 0.15) is 28.4 Å². The summed E-state index contributed by atoms with van der Waals surface area (Å²) in [5.41, 5.74) is 2.09. The van der Waals surface area contributed by atoms with Gasteiger partial charge in [0, 0.05) is 18.1 Å². The third kappa shape index (κ3) is 3.68. The van der Waals surface area contributed by atoms with E-state index in [2.05, 4.69) is 20.8 Å². The number of phenols is 1. The van der Waals surface area contributed by atoms with Crippen LogP contribution >= 0.6 is 0 Å². The van der Waals surface area contributed by atoms with Crippen molar-refractivity contribution >= 4 is 5.78 Å². The molecule has 4 heteroatoms. The summed E-state index contributed by atoms with van der Waals surface area (Å²) in [6, 6.07) is 11.6. The highest BCUT2D eigenvalue weighted by atomic mass is 16.5. The third-order valence-electron chi connectivity index (χ3n) is 6.99. The van der Waals surface area contributed by atoms with Gasteiger partial charge in [-0.3, -0.25) is 4.79 Å². The van der Waals surface area contributed by atoms with Crippen LogP contribution in [0.25, 0.3) is 0 Å². The Balaban J connectivity index is 1.76. The smallest absolute Gasteiger partial charge is 0.170 e. The fourth-order valence-corrected chi connectivity index (χ4v) is 5.40. The highest BCUT2D eigenvalue weighted by Gasteiger charge is 2.48. The Kier molecular flexibility index (Phi) is 5.52. The summed E-state index contributed by atoms with van der Waals surface area (Å²) in [5.74, 6) is 2.35. The van der Waals surface area contributed by atoms with E-state index in [0.29, 0.717) is 41.7 Å². The second-order valence-corrected chi connectivity index (χ2v) is 9.43. The molecule has 0 aromatic heterocycles. The molecule has 2 aromatic carbocycles. The lowest BCUT2D eigenvalue weighted by molar-refractivity contribution is -0.00940. The molecule has 1 aliphatic carbocycles. The topological polar surface area (TPSA) is 55.8 Å². The number of aromatic hydroxyl groups is 1. The van der Waals surface area contributed by atoms with Gasteiger partial charge in [0.05, 0.1) is 7.11 Å². The van der Waals surface area contributed by atoms with Crippen molar-refractivity contribution in [2.24, 2.45) is 11.8 Å². The second-order valence-electron chi connectivity index (χ2n) is 9.43. The van der Waals surface area contributed by atoms with Crippen LogP contribution in [0.1, 0.15) is 73.9 Å². The van der Waals surface area contributed by atoms with Gasteiger partial charge >= 0.3 is 0 Å². The standard InChI is InChI=1S/C26H32O4/c1-16(2)18-12-13-26(3)15-19(18)23-22(29-4)14-21(28)24(25(23)30-26)20(27)11-10-17-8-6-5-7-9-17/h5-9,14,16,18-19,28H,10-13,15H2,1-4H3/t18-,19-,26?/m1/s1. The maximum Gasteiger partial charge on any atom is 0.170 e. The molecule has 3 atom stereocenters. The zero-order valence-corrected chi connectivity index (χ0v) is 18.4. The van der Waals surface area contributed by atoms with Crippen molar-refractivity contribution in [2.75, 3.05) is 7.11 Å². The fourth-order valence-electron chi connectivity index (χ4n) is 5.40. The van der Waals surface area contributed by atoms with E-state index in [1.165, 1.54) is 0 Å². The minimum absolute atomic E-state index is 0.0478. The van der Waals surface area contributed by atoms with E-state index in [0.717, 1.165) is 30.4 Å². The summed E-state index contributed by atoms with van der Waals surface area (Å²) < 4.78 is 12.1. The lowest BCUT2D eigenvalue weighted by Crippen LogP contribution is -2.45. The van der Waals surface area contributed by atoms with Gasteiger partial charge in [-0.05, 0) is 55.9 Å². The number of methoxy groups -OCH3 is 1. The number of benzene rings is 2. The molecule has 0 saturated heterocycles. The number of aryl methyl sites for hydroxylation is 1. The minimum atomic E-state index is -0.309. The van der Waals surface area contributed by atoms with Crippen LogP contribution in [0.15, 0.2) is 36.4 Å². The predicted molar refractivity (Wildman–Crippen MR) is 118 cm³/mol. The van der Waals surface area contributed by atoms with Crippen LogP contribution in [0, 0.1) is 11.8 Å². The maximum absolute atomic E-state index is 13.3. The number of fused-ring (bicyclic) bond motifs is 4. The number of hydrogen-bond acceptors (Lipinski definition) is 4. The molecule has 2 bridgehead atoms. The van der Waals surface area contributed by atoms with Gasteiger partial charge in [-0.2, -0.15) is 0 Å². The molecule has 1 fully saturated rings. The molecule has 4 nitrogen and oxygen atoms in total.